The number of aromatic nitrogens is 1. The van der Waals surface area contributed by atoms with Gasteiger partial charge in [0.25, 0.3) is 0 Å². The second kappa shape index (κ2) is 11.1. The molecule has 0 bridgehead atoms. The van der Waals surface area contributed by atoms with Crippen molar-refractivity contribution in [3.63, 3.8) is 0 Å². The highest BCUT2D eigenvalue weighted by atomic mass is 32.1. The van der Waals surface area contributed by atoms with Gasteiger partial charge in [0.15, 0.2) is 5.13 Å². The monoisotopic (exact) mass is 498 g/mol. The fourth-order valence-corrected chi connectivity index (χ4v) is 4.85. The summed E-state index contributed by atoms with van der Waals surface area (Å²) in [4.78, 5) is 18.5. The first-order valence-electron chi connectivity index (χ1n) is 12.4. The Morgan fingerprint density at radius 3 is 2.03 bits per heavy atom. The van der Waals surface area contributed by atoms with Crippen LogP contribution in [-0.4, -0.2) is 17.5 Å². The number of nitrogens with zero attached hydrogens (tertiary/aromatic N) is 1. The highest BCUT2D eigenvalue weighted by Gasteiger charge is 2.17. The summed E-state index contributed by atoms with van der Waals surface area (Å²) in [5, 5.41) is 3.62. The summed E-state index contributed by atoms with van der Waals surface area (Å²) in [5.41, 5.74) is 6.82. The van der Waals surface area contributed by atoms with E-state index in [1.165, 1.54) is 28.0 Å². The Morgan fingerprint density at radius 2 is 1.44 bits per heavy atom. The lowest BCUT2D eigenvalue weighted by atomic mass is 9.87. The van der Waals surface area contributed by atoms with Crippen molar-refractivity contribution in [1.82, 2.24) is 4.98 Å². The molecule has 36 heavy (non-hydrogen) atoms. The number of nitrogens with one attached hydrogen (secondary N) is 1. The van der Waals surface area contributed by atoms with Gasteiger partial charge in [0, 0.05) is 12.0 Å². The van der Waals surface area contributed by atoms with E-state index in [-0.39, 0.29) is 11.3 Å². The molecule has 3 aromatic carbocycles. The second-order valence-electron chi connectivity index (χ2n) is 10.2. The summed E-state index contributed by atoms with van der Waals surface area (Å²) in [6, 6.07) is 24.9. The van der Waals surface area contributed by atoms with Crippen molar-refractivity contribution >= 4 is 22.4 Å². The van der Waals surface area contributed by atoms with Gasteiger partial charge in [0.05, 0.1) is 17.2 Å². The minimum absolute atomic E-state index is 0.0543. The zero-order valence-electron chi connectivity index (χ0n) is 21.7. The highest BCUT2D eigenvalue weighted by molar-refractivity contribution is 7.19. The van der Waals surface area contributed by atoms with Gasteiger partial charge >= 0.3 is 0 Å². The number of anilines is 1. The van der Waals surface area contributed by atoms with Crippen molar-refractivity contribution in [2.75, 3.05) is 11.9 Å². The van der Waals surface area contributed by atoms with E-state index in [1.807, 2.05) is 12.1 Å². The molecule has 0 aliphatic carbocycles. The summed E-state index contributed by atoms with van der Waals surface area (Å²) in [7, 11) is 0. The lowest BCUT2D eigenvalue weighted by molar-refractivity contribution is -0.116. The van der Waals surface area contributed by atoms with E-state index in [4.69, 9.17) is 9.72 Å². The van der Waals surface area contributed by atoms with Crippen LogP contribution in [0.1, 0.15) is 50.3 Å². The van der Waals surface area contributed by atoms with Gasteiger partial charge in [0.1, 0.15) is 5.75 Å². The number of hydrogen-bond acceptors (Lipinski definition) is 4. The largest absolute Gasteiger partial charge is 0.494 e. The third kappa shape index (κ3) is 6.61. The molecule has 0 radical (unpaired) electrons. The molecule has 0 saturated carbocycles. The molecule has 0 aliphatic rings. The van der Waals surface area contributed by atoms with E-state index < -0.39 is 0 Å². The molecular weight excluding hydrogens is 464 g/mol. The van der Waals surface area contributed by atoms with Crippen molar-refractivity contribution in [3.05, 3.63) is 89.5 Å². The van der Waals surface area contributed by atoms with Crippen molar-refractivity contribution < 1.29 is 9.53 Å². The smallest absolute Gasteiger partial charge is 0.226 e. The summed E-state index contributed by atoms with van der Waals surface area (Å²) in [6.45, 7) is 11.2. The number of ether oxygens (including phenoxy) is 1. The second-order valence-corrected chi connectivity index (χ2v) is 11.2. The van der Waals surface area contributed by atoms with Crippen LogP contribution in [0.5, 0.6) is 5.75 Å². The molecule has 4 nitrogen and oxygen atoms in total. The van der Waals surface area contributed by atoms with Gasteiger partial charge < -0.3 is 10.1 Å². The first-order valence-corrected chi connectivity index (χ1v) is 13.2. The molecule has 186 valence electrons. The van der Waals surface area contributed by atoms with E-state index in [0.29, 0.717) is 24.6 Å². The van der Waals surface area contributed by atoms with Crippen LogP contribution in [-0.2, 0) is 10.2 Å². The lowest BCUT2D eigenvalue weighted by Crippen LogP contribution is -2.13. The average Bonchev–Trinajstić information content (AvgIpc) is 3.26. The van der Waals surface area contributed by atoms with Crippen LogP contribution in [0.3, 0.4) is 0 Å². The third-order valence-corrected chi connectivity index (χ3v) is 7.07. The van der Waals surface area contributed by atoms with Gasteiger partial charge in [0.2, 0.25) is 5.91 Å². The number of amides is 1. The molecule has 0 aliphatic heterocycles. The molecule has 4 aromatic rings. The van der Waals surface area contributed by atoms with Gasteiger partial charge in [-0.15, -0.1) is 0 Å². The number of benzene rings is 3. The quantitative estimate of drug-likeness (QED) is 0.249. The minimum atomic E-state index is -0.0543. The summed E-state index contributed by atoms with van der Waals surface area (Å²) >= 11 is 1.51. The summed E-state index contributed by atoms with van der Waals surface area (Å²) in [5.74, 6) is 0.773. The number of rotatable bonds is 8. The number of carbonyl (C=O) groups excluding carboxylic acids is 1. The molecule has 0 atom stereocenters. The molecule has 4 rings (SSSR count). The Kier molecular flexibility index (Phi) is 7.90. The molecule has 0 saturated heterocycles. The average molecular weight is 499 g/mol. The maximum Gasteiger partial charge on any atom is 0.226 e. The maximum atomic E-state index is 12.7. The van der Waals surface area contributed by atoms with Gasteiger partial charge in [-0.3, -0.25) is 4.79 Å². The van der Waals surface area contributed by atoms with Crippen LogP contribution in [0.2, 0.25) is 0 Å². The summed E-state index contributed by atoms with van der Waals surface area (Å²) < 4.78 is 5.84. The van der Waals surface area contributed by atoms with E-state index in [1.54, 1.807) is 0 Å². The standard InChI is InChI=1S/C31H34N2O2S/c1-21-8-12-23(13-9-21)28-29(24-14-10-22(2)11-15-24)36-30(33-28)32-27(34)7-6-20-35-26-18-16-25(17-19-26)31(3,4)5/h8-19H,6-7,20H2,1-5H3,(H,32,33,34). The van der Waals surface area contributed by atoms with Gasteiger partial charge in [-0.1, -0.05) is 104 Å². The Morgan fingerprint density at radius 1 is 0.861 bits per heavy atom. The van der Waals surface area contributed by atoms with E-state index in [2.05, 4.69) is 101 Å². The molecule has 1 heterocycles. The highest BCUT2D eigenvalue weighted by Crippen LogP contribution is 2.39. The molecule has 1 N–H and O–H groups in total. The van der Waals surface area contributed by atoms with Crippen LogP contribution in [0.25, 0.3) is 21.7 Å². The Labute approximate surface area is 218 Å². The third-order valence-electron chi connectivity index (χ3n) is 6.05. The van der Waals surface area contributed by atoms with Crippen LogP contribution < -0.4 is 10.1 Å². The Bertz CT molecular complexity index is 1240. The number of thiazole rings is 1. The predicted octanol–water partition coefficient (Wildman–Crippen LogP) is 8.19. The van der Waals surface area contributed by atoms with Gasteiger partial charge in [-0.25, -0.2) is 4.98 Å². The minimum Gasteiger partial charge on any atom is -0.494 e. The first kappa shape index (κ1) is 25.6. The van der Waals surface area contributed by atoms with Crippen molar-refractivity contribution in [1.29, 1.82) is 0 Å². The van der Waals surface area contributed by atoms with E-state index in [0.717, 1.165) is 27.4 Å². The van der Waals surface area contributed by atoms with Gasteiger partial charge in [-0.2, -0.15) is 0 Å². The van der Waals surface area contributed by atoms with Crippen molar-refractivity contribution in [2.24, 2.45) is 0 Å². The van der Waals surface area contributed by atoms with Crippen LogP contribution in [0.4, 0.5) is 5.13 Å². The van der Waals surface area contributed by atoms with Crippen LogP contribution in [0.15, 0.2) is 72.8 Å². The first-order chi connectivity index (χ1) is 17.2. The van der Waals surface area contributed by atoms with E-state index in [9.17, 15) is 4.79 Å². The fraction of sp³-hybridized carbons (Fsp3) is 0.290. The normalized spacial score (nSPS) is 11.4. The molecule has 0 fully saturated rings. The fourth-order valence-electron chi connectivity index (χ4n) is 3.84. The van der Waals surface area contributed by atoms with Crippen molar-refractivity contribution in [3.8, 4) is 27.4 Å². The van der Waals surface area contributed by atoms with Crippen LogP contribution in [0, 0.1) is 13.8 Å². The topological polar surface area (TPSA) is 51.2 Å². The Balaban J connectivity index is 1.39. The SMILES string of the molecule is Cc1ccc(-c2nc(NC(=O)CCCOc3ccc(C(C)(C)C)cc3)sc2-c2ccc(C)cc2)cc1. The van der Waals surface area contributed by atoms with Crippen LogP contribution >= 0.6 is 11.3 Å². The van der Waals surface area contributed by atoms with Crippen molar-refractivity contribution in [2.45, 2.75) is 52.9 Å². The zero-order valence-corrected chi connectivity index (χ0v) is 22.5. The molecular formula is C31H34N2O2S. The van der Waals surface area contributed by atoms with E-state index >= 15 is 0 Å². The summed E-state index contributed by atoms with van der Waals surface area (Å²) in [6.07, 6.45) is 1.01. The maximum absolute atomic E-state index is 12.7. The van der Waals surface area contributed by atoms with Gasteiger partial charge in [-0.05, 0) is 48.9 Å². The number of hydrogen-bond donors (Lipinski definition) is 1. The Hall–Kier alpha value is -3.44. The molecule has 5 heteroatoms. The number of carbonyl (C=O) groups is 1. The molecule has 1 amide bonds. The predicted molar refractivity (Wildman–Crippen MR) is 151 cm³/mol. The lowest BCUT2D eigenvalue weighted by Gasteiger charge is -2.19. The number of aryl methyl sites for hydroxylation is 2. The zero-order chi connectivity index (χ0) is 25.7. The molecule has 1 aromatic heterocycles. The molecule has 0 unspecified atom stereocenters. The molecule has 0 spiro atoms.